The Kier molecular flexibility index (Phi) is 3.94. The number of hydrogen-bond donors (Lipinski definition) is 0. The first-order valence-electron chi connectivity index (χ1n) is 3.98. The van der Waals surface area contributed by atoms with E-state index in [1.807, 2.05) is 24.3 Å². The number of ketones is 1. The van der Waals surface area contributed by atoms with Crippen molar-refractivity contribution in [3.05, 3.63) is 34.9 Å². The Hall–Kier alpha value is -0.340. The van der Waals surface area contributed by atoms with Gasteiger partial charge in [0, 0.05) is 5.02 Å². The van der Waals surface area contributed by atoms with Gasteiger partial charge in [-0.3, -0.25) is 4.79 Å². The lowest BCUT2D eigenvalue weighted by atomic mass is 10.1. The Morgan fingerprint density at radius 2 is 2.31 bits per heavy atom. The Bertz CT molecular complexity index is 312. The van der Waals surface area contributed by atoms with Crippen LogP contribution in [0.3, 0.4) is 0 Å². The van der Waals surface area contributed by atoms with Crippen LogP contribution in [0.15, 0.2) is 24.3 Å². The van der Waals surface area contributed by atoms with E-state index in [1.54, 1.807) is 6.92 Å². The summed E-state index contributed by atoms with van der Waals surface area (Å²) in [5.74, 6) is 0.139. The van der Waals surface area contributed by atoms with Gasteiger partial charge in [0.25, 0.3) is 0 Å². The minimum atomic E-state index is -0.106. The molecule has 0 saturated heterocycles. The number of Topliss-reactive ketones (excluding diaryl/α,β-unsaturated/α-hetero) is 1. The van der Waals surface area contributed by atoms with Crippen molar-refractivity contribution in [2.24, 2.45) is 0 Å². The van der Waals surface area contributed by atoms with Gasteiger partial charge in [-0.2, -0.15) is 0 Å². The molecule has 0 fully saturated rings. The molecule has 0 spiro atoms. The average molecular weight is 262 g/mol. The summed E-state index contributed by atoms with van der Waals surface area (Å²) in [6.45, 7) is 1.57. The Morgan fingerprint density at radius 3 is 2.85 bits per heavy atom. The summed E-state index contributed by atoms with van der Waals surface area (Å²) in [5, 5.41) is 0.709. The third kappa shape index (κ3) is 3.49. The topological polar surface area (TPSA) is 17.1 Å². The minimum absolute atomic E-state index is 0.106. The van der Waals surface area contributed by atoms with Crippen molar-refractivity contribution in [2.75, 3.05) is 0 Å². The van der Waals surface area contributed by atoms with Gasteiger partial charge < -0.3 is 0 Å². The highest BCUT2D eigenvalue weighted by Gasteiger charge is 2.10. The molecule has 13 heavy (non-hydrogen) atoms. The number of rotatable bonds is 3. The van der Waals surface area contributed by atoms with Gasteiger partial charge in [0.15, 0.2) is 0 Å². The predicted octanol–water partition coefficient (Wildman–Crippen LogP) is 3.24. The second-order valence-corrected chi connectivity index (χ2v) is 4.45. The fraction of sp³-hybridized carbons (Fsp3) is 0.300. The molecule has 1 aromatic carbocycles. The SMILES string of the molecule is CC(=O)[C@H](Br)Cc1cccc(Cl)c1. The number of benzene rings is 1. The summed E-state index contributed by atoms with van der Waals surface area (Å²) in [6, 6.07) is 7.54. The highest BCUT2D eigenvalue weighted by atomic mass is 79.9. The van der Waals surface area contributed by atoms with Crippen molar-refractivity contribution >= 4 is 33.3 Å². The molecule has 3 heteroatoms. The fourth-order valence-corrected chi connectivity index (χ4v) is 1.60. The Labute approximate surface area is 91.2 Å². The second-order valence-electron chi connectivity index (χ2n) is 2.91. The van der Waals surface area contributed by atoms with Gasteiger partial charge in [-0.15, -0.1) is 0 Å². The molecule has 0 aromatic heterocycles. The largest absolute Gasteiger partial charge is 0.299 e. The number of hydrogen-bond acceptors (Lipinski definition) is 1. The first kappa shape index (κ1) is 10.7. The molecule has 0 aliphatic carbocycles. The highest BCUT2D eigenvalue weighted by molar-refractivity contribution is 9.10. The van der Waals surface area contributed by atoms with Gasteiger partial charge in [-0.1, -0.05) is 39.7 Å². The lowest BCUT2D eigenvalue weighted by Gasteiger charge is -2.05. The van der Waals surface area contributed by atoms with E-state index in [0.717, 1.165) is 5.56 Å². The van der Waals surface area contributed by atoms with Crippen LogP contribution in [0.5, 0.6) is 0 Å². The highest BCUT2D eigenvalue weighted by Crippen LogP contribution is 2.15. The maximum atomic E-state index is 11.0. The van der Waals surface area contributed by atoms with Crippen LogP contribution in [0.4, 0.5) is 0 Å². The fourth-order valence-electron chi connectivity index (χ4n) is 1.01. The van der Waals surface area contributed by atoms with Crippen LogP contribution in [0.2, 0.25) is 5.02 Å². The summed E-state index contributed by atoms with van der Waals surface area (Å²) >= 11 is 9.12. The summed E-state index contributed by atoms with van der Waals surface area (Å²) in [7, 11) is 0. The van der Waals surface area contributed by atoms with Crippen LogP contribution in [-0.2, 0) is 11.2 Å². The van der Waals surface area contributed by atoms with Crippen LogP contribution < -0.4 is 0 Å². The molecule has 0 radical (unpaired) electrons. The van der Waals surface area contributed by atoms with E-state index in [0.29, 0.717) is 11.4 Å². The summed E-state index contributed by atoms with van der Waals surface area (Å²) in [5.41, 5.74) is 1.07. The molecule has 0 bridgehead atoms. The summed E-state index contributed by atoms with van der Waals surface area (Å²) in [4.78, 5) is 10.8. The standard InChI is InChI=1S/C10H10BrClO/c1-7(13)10(11)6-8-3-2-4-9(12)5-8/h2-5,10H,6H2,1H3/t10-/m1/s1. The maximum Gasteiger partial charge on any atom is 0.143 e. The van der Waals surface area contributed by atoms with E-state index in [-0.39, 0.29) is 10.6 Å². The molecule has 1 rings (SSSR count). The molecular weight excluding hydrogens is 251 g/mol. The van der Waals surface area contributed by atoms with Crippen molar-refractivity contribution in [2.45, 2.75) is 18.2 Å². The summed E-state index contributed by atoms with van der Waals surface area (Å²) in [6.07, 6.45) is 0.690. The minimum Gasteiger partial charge on any atom is -0.299 e. The molecule has 1 nitrogen and oxygen atoms in total. The Balaban J connectivity index is 2.69. The molecule has 70 valence electrons. The molecule has 0 aliphatic rings. The third-order valence-corrected chi connectivity index (χ3v) is 2.95. The number of halogens is 2. The van der Waals surface area contributed by atoms with Crippen LogP contribution in [0.25, 0.3) is 0 Å². The Morgan fingerprint density at radius 1 is 1.62 bits per heavy atom. The van der Waals surface area contributed by atoms with Gasteiger partial charge in [-0.05, 0) is 31.0 Å². The molecule has 0 saturated carbocycles. The second kappa shape index (κ2) is 4.77. The van der Waals surface area contributed by atoms with Gasteiger partial charge in [0.2, 0.25) is 0 Å². The van der Waals surface area contributed by atoms with Gasteiger partial charge in [0.1, 0.15) is 5.78 Å². The first-order valence-corrected chi connectivity index (χ1v) is 5.28. The van der Waals surface area contributed by atoms with Crippen LogP contribution in [-0.4, -0.2) is 10.6 Å². The molecule has 1 aromatic rings. The number of carbonyl (C=O) groups is 1. The van der Waals surface area contributed by atoms with E-state index < -0.39 is 0 Å². The number of carbonyl (C=O) groups excluding carboxylic acids is 1. The van der Waals surface area contributed by atoms with Gasteiger partial charge in [0.05, 0.1) is 4.83 Å². The molecule has 0 aliphatic heterocycles. The van der Waals surface area contributed by atoms with E-state index in [9.17, 15) is 4.79 Å². The van der Waals surface area contributed by atoms with E-state index >= 15 is 0 Å². The van der Waals surface area contributed by atoms with Crippen molar-refractivity contribution < 1.29 is 4.79 Å². The first-order chi connectivity index (χ1) is 6.09. The van der Waals surface area contributed by atoms with Crippen molar-refractivity contribution in [1.82, 2.24) is 0 Å². The lowest BCUT2D eigenvalue weighted by molar-refractivity contribution is -0.116. The monoisotopic (exact) mass is 260 g/mol. The zero-order chi connectivity index (χ0) is 9.84. The van der Waals surface area contributed by atoms with E-state index in [2.05, 4.69) is 15.9 Å². The molecular formula is C10H10BrClO. The third-order valence-electron chi connectivity index (χ3n) is 1.75. The van der Waals surface area contributed by atoms with Crippen LogP contribution in [0.1, 0.15) is 12.5 Å². The van der Waals surface area contributed by atoms with Crippen LogP contribution in [0, 0.1) is 0 Å². The van der Waals surface area contributed by atoms with Crippen LogP contribution >= 0.6 is 27.5 Å². The van der Waals surface area contributed by atoms with Crippen molar-refractivity contribution in [3.63, 3.8) is 0 Å². The van der Waals surface area contributed by atoms with Crippen molar-refractivity contribution in [1.29, 1.82) is 0 Å². The molecule has 1 atom stereocenters. The zero-order valence-electron chi connectivity index (χ0n) is 7.26. The molecule has 0 heterocycles. The van der Waals surface area contributed by atoms with Crippen molar-refractivity contribution in [3.8, 4) is 0 Å². The van der Waals surface area contributed by atoms with Gasteiger partial charge in [-0.25, -0.2) is 0 Å². The van der Waals surface area contributed by atoms with E-state index in [4.69, 9.17) is 11.6 Å². The average Bonchev–Trinajstić information content (AvgIpc) is 2.04. The number of alkyl halides is 1. The zero-order valence-corrected chi connectivity index (χ0v) is 9.60. The lowest BCUT2D eigenvalue weighted by Crippen LogP contribution is -2.12. The van der Waals surface area contributed by atoms with Gasteiger partial charge >= 0.3 is 0 Å². The smallest absolute Gasteiger partial charge is 0.143 e. The van der Waals surface area contributed by atoms with E-state index in [1.165, 1.54) is 0 Å². The molecule has 0 unspecified atom stereocenters. The normalized spacial score (nSPS) is 12.5. The predicted molar refractivity (Wildman–Crippen MR) is 58.6 cm³/mol. The molecule has 0 amide bonds. The maximum absolute atomic E-state index is 11.0. The molecule has 0 N–H and O–H groups in total. The quantitative estimate of drug-likeness (QED) is 0.764. The summed E-state index contributed by atoms with van der Waals surface area (Å²) < 4.78 is 0.